The van der Waals surface area contributed by atoms with E-state index in [0.717, 1.165) is 49.7 Å². The molecule has 1 fully saturated rings. The molecule has 162 valence electrons. The first-order valence-corrected chi connectivity index (χ1v) is 11.8. The molecule has 1 aliphatic rings. The minimum Gasteiger partial charge on any atom is -0.497 e. The SMILES string of the molecule is CCNC(=NCCNC(=O)c1ccc(OC)cc1)NC1CCCC(S(=O)CC)C1. The number of nitrogens with zero attached hydrogens (tertiary/aromatic N) is 1. The number of amides is 1. The van der Waals surface area contributed by atoms with E-state index >= 15 is 0 Å². The second-order valence-electron chi connectivity index (χ2n) is 7.04. The minimum absolute atomic E-state index is 0.127. The standard InChI is InChI=1S/C21H34N4O3S/c1-4-22-21(25-17-7-6-8-19(15-17)29(27)5-2)24-14-13-23-20(26)16-9-11-18(28-3)12-10-16/h9-12,17,19H,4-8,13-15H2,1-3H3,(H,23,26)(H2,22,24,25). The lowest BCUT2D eigenvalue weighted by Gasteiger charge is -2.30. The van der Waals surface area contributed by atoms with E-state index in [2.05, 4.69) is 20.9 Å². The fraction of sp³-hybridized carbons (Fsp3) is 0.619. The van der Waals surface area contributed by atoms with Crippen LogP contribution in [-0.4, -0.2) is 59.9 Å². The molecule has 0 spiro atoms. The summed E-state index contributed by atoms with van der Waals surface area (Å²) in [5.41, 5.74) is 0.594. The molecule has 29 heavy (non-hydrogen) atoms. The van der Waals surface area contributed by atoms with Gasteiger partial charge in [-0.1, -0.05) is 13.3 Å². The number of carbonyl (C=O) groups excluding carboxylic acids is 1. The normalized spacial score (nSPS) is 20.6. The van der Waals surface area contributed by atoms with Crippen LogP contribution in [0.4, 0.5) is 0 Å². The number of rotatable bonds is 9. The molecular formula is C21H34N4O3S. The lowest BCUT2D eigenvalue weighted by atomic mass is 9.95. The van der Waals surface area contributed by atoms with E-state index in [0.29, 0.717) is 18.7 Å². The van der Waals surface area contributed by atoms with Gasteiger partial charge in [0.25, 0.3) is 5.91 Å². The van der Waals surface area contributed by atoms with E-state index in [1.165, 1.54) is 0 Å². The predicted molar refractivity (Wildman–Crippen MR) is 119 cm³/mol. The van der Waals surface area contributed by atoms with Gasteiger partial charge in [0.05, 0.1) is 13.7 Å². The molecule has 1 aliphatic carbocycles. The van der Waals surface area contributed by atoms with Gasteiger partial charge in [0.2, 0.25) is 0 Å². The molecule has 1 aromatic carbocycles. The van der Waals surface area contributed by atoms with Crippen molar-refractivity contribution in [2.24, 2.45) is 4.99 Å². The number of methoxy groups -OCH3 is 1. The first-order chi connectivity index (χ1) is 14.1. The summed E-state index contributed by atoms with van der Waals surface area (Å²) in [6, 6.07) is 7.30. The second-order valence-corrected chi connectivity index (χ2v) is 9.05. The Morgan fingerprint density at radius 3 is 2.62 bits per heavy atom. The highest BCUT2D eigenvalue weighted by atomic mass is 32.2. The van der Waals surface area contributed by atoms with E-state index in [4.69, 9.17) is 4.74 Å². The molecule has 1 saturated carbocycles. The molecule has 0 aliphatic heterocycles. The van der Waals surface area contributed by atoms with Crippen molar-refractivity contribution in [1.29, 1.82) is 0 Å². The molecule has 7 nitrogen and oxygen atoms in total. The van der Waals surface area contributed by atoms with E-state index < -0.39 is 10.8 Å². The Hall–Kier alpha value is -2.09. The smallest absolute Gasteiger partial charge is 0.251 e. The van der Waals surface area contributed by atoms with Crippen LogP contribution in [-0.2, 0) is 10.8 Å². The molecule has 0 saturated heterocycles. The highest BCUT2D eigenvalue weighted by Gasteiger charge is 2.26. The zero-order chi connectivity index (χ0) is 21.1. The van der Waals surface area contributed by atoms with Crippen molar-refractivity contribution >= 4 is 22.7 Å². The van der Waals surface area contributed by atoms with Gasteiger partial charge in [-0.2, -0.15) is 0 Å². The molecule has 0 radical (unpaired) electrons. The molecule has 0 bridgehead atoms. The summed E-state index contributed by atoms with van der Waals surface area (Å²) in [6.07, 6.45) is 4.12. The minimum atomic E-state index is -0.741. The summed E-state index contributed by atoms with van der Waals surface area (Å²) in [5, 5.41) is 9.89. The third-order valence-electron chi connectivity index (χ3n) is 4.99. The average Bonchev–Trinajstić information content (AvgIpc) is 2.76. The van der Waals surface area contributed by atoms with E-state index in [1.54, 1.807) is 31.4 Å². The molecular weight excluding hydrogens is 388 g/mol. The summed E-state index contributed by atoms with van der Waals surface area (Å²) < 4.78 is 17.2. The molecule has 1 amide bonds. The fourth-order valence-corrected chi connectivity index (χ4v) is 4.79. The van der Waals surface area contributed by atoms with Gasteiger partial charge in [-0.3, -0.25) is 14.0 Å². The number of guanidine groups is 1. The zero-order valence-corrected chi connectivity index (χ0v) is 18.5. The molecule has 3 unspecified atom stereocenters. The molecule has 0 heterocycles. The summed E-state index contributed by atoms with van der Waals surface area (Å²) in [7, 11) is 0.856. The molecule has 2 rings (SSSR count). The van der Waals surface area contributed by atoms with Crippen LogP contribution in [0, 0.1) is 0 Å². The third-order valence-corrected chi connectivity index (χ3v) is 6.73. The van der Waals surface area contributed by atoms with Gasteiger partial charge in [0.1, 0.15) is 5.75 Å². The first kappa shape index (κ1) is 23.2. The Bertz CT molecular complexity index is 694. The summed E-state index contributed by atoms with van der Waals surface area (Å²) in [6.45, 7) is 5.71. The monoisotopic (exact) mass is 422 g/mol. The Kier molecular flexibility index (Phi) is 9.97. The molecule has 8 heteroatoms. The van der Waals surface area contributed by atoms with E-state index in [-0.39, 0.29) is 17.2 Å². The van der Waals surface area contributed by atoms with Crippen LogP contribution < -0.4 is 20.7 Å². The maximum atomic E-state index is 12.2. The number of carbonyl (C=O) groups is 1. The molecule has 1 aromatic rings. The lowest BCUT2D eigenvalue weighted by molar-refractivity contribution is 0.0954. The van der Waals surface area contributed by atoms with Crippen LogP contribution in [0.3, 0.4) is 0 Å². The van der Waals surface area contributed by atoms with Gasteiger partial charge >= 0.3 is 0 Å². The van der Waals surface area contributed by atoms with Crippen molar-refractivity contribution in [3.63, 3.8) is 0 Å². The molecule has 3 atom stereocenters. The average molecular weight is 423 g/mol. The Balaban J connectivity index is 1.81. The first-order valence-electron chi connectivity index (χ1n) is 10.4. The quantitative estimate of drug-likeness (QED) is 0.322. The van der Waals surface area contributed by atoms with Gasteiger partial charge in [-0.25, -0.2) is 0 Å². The van der Waals surface area contributed by atoms with Crippen LogP contribution in [0.5, 0.6) is 5.75 Å². The highest BCUT2D eigenvalue weighted by Crippen LogP contribution is 2.23. The molecule has 0 aromatic heterocycles. The van der Waals surface area contributed by atoms with Gasteiger partial charge < -0.3 is 20.7 Å². The van der Waals surface area contributed by atoms with Gasteiger partial charge in [0.15, 0.2) is 5.96 Å². The maximum Gasteiger partial charge on any atom is 0.251 e. The zero-order valence-electron chi connectivity index (χ0n) is 17.7. The second kappa shape index (κ2) is 12.5. The van der Waals surface area contributed by atoms with Gasteiger partial charge in [0, 0.05) is 46.5 Å². The van der Waals surface area contributed by atoms with Crippen molar-refractivity contribution in [2.75, 3.05) is 32.5 Å². The number of aliphatic imine (C=N–C) groups is 1. The van der Waals surface area contributed by atoms with E-state index in [9.17, 15) is 9.00 Å². The maximum absolute atomic E-state index is 12.2. The fourth-order valence-electron chi connectivity index (χ4n) is 3.45. The number of ether oxygens (including phenoxy) is 1. The molecule has 3 N–H and O–H groups in total. The highest BCUT2D eigenvalue weighted by molar-refractivity contribution is 7.85. The topological polar surface area (TPSA) is 91.8 Å². The van der Waals surface area contributed by atoms with E-state index in [1.807, 2.05) is 13.8 Å². The van der Waals surface area contributed by atoms with Crippen molar-refractivity contribution in [3.05, 3.63) is 29.8 Å². The number of hydrogen-bond acceptors (Lipinski definition) is 4. The van der Waals surface area contributed by atoms with Crippen LogP contribution in [0.1, 0.15) is 49.9 Å². The van der Waals surface area contributed by atoms with Crippen LogP contribution >= 0.6 is 0 Å². The Morgan fingerprint density at radius 1 is 1.21 bits per heavy atom. The lowest BCUT2D eigenvalue weighted by Crippen LogP contribution is -2.47. The van der Waals surface area contributed by atoms with Crippen LogP contribution in [0.25, 0.3) is 0 Å². The number of benzene rings is 1. The summed E-state index contributed by atoms with van der Waals surface area (Å²) >= 11 is 0. The van der Waals surface area contributed by atoms with Crippen molar-refractivity contribution in [1.82, 2.24) is 16.0 Å². The Labute approximate surface area is 176 Å². The summed E-state index contributed by atoms with van der Waals surface area (Å²) in [5.74, 6) is 2.07. The third kappa shape index (κ3) is 7.68. The number of hydrogen-bond donors (Lipinski definition) is 3. The largest absolute Gasteiger partial charge is 0.497 e. The van der Waals surface area contributed by atoms with Crippen LogP contribution in [0.2, 0.25) is 0 Å². The van der Waals surface area contributed by atoms with Crippen molar-refractivity contribution < 1.29 is 13.7 Å². The summed E-state index contributed by atoms with van der Waals surface area (Å²) in [4.78, 5) is 16.8. The number of nitrogens with one attached hydrogen (secondary N) is 3. The van der Waals surface area contributed by atoms with Gasteiger partial charge in [-0.15, -0.1) is 0 Å². The Morgan fingerprint density at radius 2 is 1.97 bits per heavy atom. The predicted octanol–water partition coefficient (Wildman–Crippen LogP) is 2.06. The van der Waals surface area contributed by atoms with Crippen molar-refractivity contribution in [2.45, 2.75) is 50.8 Å². The van der Waals surface area contributed by atoms with Crippen molar-refractivity contribution in [3.8, 4) is 5.75 Å². The van der Waals surface area contributed by atoms with Crippen LogP contribution in [0.15, 0.2) is 29.3 Å². The van der Waals surface area contributed by atoms with Gasteiger partial charge in [-0.05, 0) is 50.5 Å².